The number of nitrogens with two attached hydrogens (primary N) is 2. The number of halogens is 1. The molecule has 3 rings (SSSR count). The molecule has 0 aliphatic carbocycles. The van der Waals surface area contributed by atoms with E-state index in [1.165, 1.54) is 0 Å². The van der Waals surface area contributed by atoms with Crippen LogP contribution in [-0.4, -0.2) is 0 Å². The van der Waals surface area contributed by atoms with Gasteiger partial charge in [-0.1, -0.05) is 0 Å². The summed E-state index contributed by atoms with van der Waals surface area (Å²) in [6.07, 6.45) is 1.66. The largest absolute Gasteiger partial charge is 0.397 e. The summed E-state index contributed by atoms with van der Waals surface area (Å²) < 4.78 is 19.7. The maximum absolute atomic E-state index is 13.9. The van der Waals surface area contributed by atoms with Gasteiger partial charge in [0, 0.05) is 5.56 Å². The third kappa shape index (κ3) is 0.925. The van der Waals surface area contributed by atoms with Gasteiger partial charge in [0.25, 0.3) is 0 Å². The minimum absolute atomic E-state index is 0.0495. The smallest absolute Gasteiger partial charge is 0.154 e. The van der Waals surface area contributed by atoms with Crippen LogP contribution >= 0.6 is 0 Å². The van der Waals surface area contributed by atoms with Crippen LogP contribution in [-0.2, 0) is 10.3 Å². The molecule has 1 aromatic carbocycles. The van der Waals surface area contributed by atoms with Crippen molar-refractivity contribution in [3.63, 3.8) is 0 Å². The first-order valence-electron chi connectivity index (χ1n) is 5.08. The van der Waals surface area contributed by atoms with Gasteiger partial charge in [0.15, 0.2) is 5.82 Å². The zero-order valence-electron chi connectivity index (χ0n) is 8.51. The fraction of sp³-hybridized carbons (Fsp3) is 0.455. The van der Waals surface area contributed by atoms with E-state index in [1.54, 1.807) is 6.07 Å². The quantitative estimate of drug-likeness (QED) is 0.641. The van der Waals surface area contributed by atoms with E-state index in [4.69, 9.17) is 16.2 Å². The van der Waals surface area contributed by atoms with E-state index >= 15 is 0 Å². The monoisotopic (exact) mass is 208 g/mol. The van der Waals surface area contributed by atoms with E-state index in [0.29, 0.717) is 11.3 Å². The van der Waals surface area contributed by atoms with Gasteiger partial charge >= 0.3 is 0 Å². The molecule has 80 valence electrons. The normalized spacial score (nSPS) is 32.0. The third-order valence-corrected chi connectivity index (χ3v) is 3.55. The van der Waals surface area contributed by atoms with Gasteiger partial charge in [-0.3, -0.25) is 0 Å². The van der Waals surface area contributed by atoms with Crippen LogP contribution in [0.25, 0.3) is 0 Å². The molecule has 0 amide bonds. The van der Waals surface area contributed by atoms with Crippen molar-refractivity contribution >= 4 is 11.4 Å². The average molecular weight is 208 g/mol. The zero-order valence-corrected chi connectivity index (χ0v) is 8.51. The summed E-state index contributed by atoms with van der Waals surface area (Å²) in [5, 5.41) is 0. The molecule has 1 fully saturated rings. The van der Waals surface area contributed by atoms with E-state index in [0.717, 1.165) is 18.4 Å². The maximum Gasteiger partial charge on any atom is 0.154 e. The summed E-state index contributed by atoms with van der Waals surface area (Å²) in [5.41, 5.74) is 12.7. The topological polar surface area (TPSA) is 61.3 Å². The lowest BCUT2D eigenvalue weighted by molar-refractivity contribution is -0.00749. The molecule has 2 heterocycles. The van der Waals surface area contributed by atoms with Crippen LogP contribution < -0.4 is 11.5 Å². The molecule has 0 saturated carbocycles. The number of hydrogen-bond donors (Lipinski definition) is 2. The Morgan fingerprint density at radius 1 is 1.53 bits per heavy atom. The van der Waals surface area contributed by atoms with Gasteiger partial charge in [0.05, 0.1) is 23.1 Å². The predicted octanol–water partition coefficient (Wildman–Crippen LogP) is 2.07. The molecule has 2 aliphatic rings. The highest BCUT2D eigenvalue weighted by Crippen LogP contribution is 2.56. The van der Waals surface area contributed by atoms with E-state index in [2.05, 4.69) is 0 Å². The number of fused-ring (bicyclic) bond motifs is 5. The van der Waals surface area contributed by atoms with Gasteiger partial charge in [-0.15, -0.1) is 0 Å². The lowest BCUT2D eigenvalue weighted by Crippen LogP contribution is -2.18. The van der Waals surface area contributed by atoms with Crippen molar-refractivity contribution in [1.29, 1.82) is 0 Å². The van der Waals surface area contributed by atoms with Crippen molar-refractivity contribution in [1.82, 2.24) is 0 Å². The molecule has 0 spiro atoms. The van der Waals surface area contributed by atoms with Gasteiger partial charge in [-0.05, 0) is 31.4 Å². The van der Waals surface area contributed by atoms with Crippen LogP contribution in [0.1, 0.15) is 37.0 Å². The van der Waals surface area contributed by atoms with E-state index < -0.39 is 5.82 Å². The molecule has 2 aliphatic heterocycles. The van der Waals surface area contributed by atoms with Gasteiger partial charge in [-0.2, -0.15) is 0 Å². The van der Waals surface area contributed by atoms with Crippen LogP contribution in [0.2, 0.25) is 0 Å². The number of anilines is 2. The number of hydrogen-bond acceptors (Lipinski definition) is 3. The first kappa shape index (κ1) is 8.97. The second-order valence-electron chi connectivity index (χ2n) is 4.53. The number of benzene rings is 1. The molecule has 0 aromatic heterocycles. The first-order chi connectivity index (χ1) is 7.03. The molecular formula is C11H13FN2O. The highest BCUT2D eigenvalue weighted by atomic mass is 19.1. The molecule has 2 unspecified atom stereocenters. The van der Waals surface area contributed by atoms with Crippen molar-refractivity contribution < 1.29 is 9.13 Å². The van der Waals surface area contributed by atoms with E-state index in [-0.39, 0.29) is 17.4 Å². The molecular weight excluding hydrogens is 195 g/mol. The molecule has 4 N–H and O–H groups in total. The average Bonchev–Trinajstić information content (AvgIpc) is 2.68. The maximum atomic E-state index is 13.9. The molecule has 1 aromatic rings. The molecule has 2 bridgehead atoms. The number of ether oxygens (including phenoxy) is 1. The summed E-state index contributed by atoms with van der Waals surface area (Å²) in [6.45, 7) is 1.98. The van der Waals surface area contributed by atoms with Crippen molar-refractivity contribution in [3.05, 3.63) is 23.0 Å². The second kappa shape index (κ2) is 2.44. The summed E-state index contributed by atoms with van der Waals surface area (Å²) in [6, 6.07) is 1.76. The summed E-state index contributed by atoms with van der Waals surface area (Å²) in [7, 11) is 0. The van der Waals surface area contributed by atoms with E-state index in [1.807, 2.05) is 6.92 Å². The number of rotatable bonds is 0. The summed E-state index contributed by atoms with van der Waals surface area (Å²) in [5.74, 6) is -0.390. The van der Waals surface area contributed by atoms with Crippen molar-refractivity contribution in [2.75, 3.05) is 11.5 Å². The second-order valence-corrected chi connectivity index (χ2v) is 4.53. The fourth-order valence-corrected chi connectivity index (χ4v) is 2.69. The Morgan fingerprint density at radius 2 is 2.27 bits per heavy atom. The lowest BCUT2D eigenvalue weighted by atomic mass is 9.82. The van der Waals surface area contributed by atoms with Crippen molar-refractivity contribution in [2.45, 2.75) is 31.5 Å². The fourth-order valence-electron chi connectivity index (χ4n) is 2.69. The first-order valence-corrected chi connectivity index (χ1v) is 5.08. The van der Waals surface area contributed by atoms with E-state index in [9.17, 15) is 4.39 Å². The Kier molecular flexibility index (Phi) is 1.46. The Hall–Kier alpha value is -1.29. The van der Waals surface area contributed by atoms with Crippen molar-refractivity contribution in [2.24, 2.45) is 0 Å². The Balaban J connectivity index is 2.33. The Morgan fingerprint density at radius 3 is 3.00 bits per heavy atom. The van der Waals surface area contributed by atoms with Crippen LogP contribution in [0.15, 0.2) is 6.07 Å². The Labute approximate surface area is 87.2 Å². The molecule has 0 radical (unpaired) electrons. The van der Waals surface area contributed by atoms with Crippen LogP contribution in [0.4, 0.5) is 15.8 Å². The zero-order chi connectivity index (χ0) is 10.8. The standard InChI is InChI=1S/C11H13FN2O/c1-11-3-2-7(15-11)8-5(11)4-6(13)10(14)9(8)12/h4,7H,2-3,13-14H2,1H3. The number of nitrogen functional groups attached to an aromatic ring is 2. The highest BCUT2D eigenvalue weighted by Gasteiger charge is 2.49. The molecule has 3 nitrogen and oxygen atoms in total. The van der Waals surface area contributed by atoms with Crippen LogP contribution in [0.5, 0.6) is 0 Å². The Bertz CT molecular complexity index is 460. The van der Waals surface area contributed by atoms with Gasteiger partial charge < -0.3 is 16.2 Å². The van der Waals surface area contributed by atoms with Crippen molar-refractivity contribution in [3.8, 4) is 0 Å². The van der Waals surface area contributed by atoms with Gasteiger partial charge in [0.2, 0.25) is 0 Å². The molecule has 4 heteroatoms. The van der Waals surface area contributed by atoms with Crippen LogP contribution in [0, 0.1) is 5.82 Å². The minimum Gasteiger partial charge on any atom is -0.397 e. The van der Waals surface area contributed by atoms with Gasteiger partial charge in [0.1, 0.15) is 0 Å². The lowest BCUT2D eigenvalue weighted by Gasteiger charge is -2.22. The molecule has 15 heavy (non-hydrogen) atoms. The summed E-state index contributed by atoms with van der Waals surface area (Å²) >= 11 is 0. The highest BCUT2D eigenvalue weighted by molar-refractivity contribution is 5.69. The third-order valence-electron chi connectivity index (χ3n) is 3.55. The van der Waals surface area contributed by atoms with Crippen LogP contribution in [0.3, 0.4) is 0 Å². The predicted molar refractivity (Wildman–Crippen MR) is 55.6 cm³/mol. The minimum atomic E-state index is -0.390. The SMILES string of the molecule is CC12CCC(O1)c1c2cc(N)c(N)c1F. The molecule has 1 saturated heterocycles. The summed E-state index contributed by atoms with van der Waals surface area (Å²) in [4.78, 5) is 0. The molecule has 2 atom stereocenters. The van der Waals surface area contributed by atoms with Gasteiger partial charge in [-0.25, -0.2) is 4.39 Å².